The Bertz CT molecular complexity index is 515. The molecule has 1 saturated heterocycles. The summed E-state index contributed by atoms with van der Waals surface area (Å²) in [6.45, 7) is 2.72. The number of fused-ring (bicyclic) bond motifs is 1. The summed E-state index contributed by atoms with van der Waals surface area (Å²) < 4.78 is 7.36. The standard InChI is InChI=1S/C13H16N2O2/c16-8-10-1-2-13-12(5-10)7-15(14-13)6-11-3-4-17-9-11/h1-2,5,7,11,16H,3-4,6,8-9H2. The van der Waals surface area contributed by atoms with E-state index in [1.165, 1.54) is 0 Å². The van der Waals surface area contributed by atoms with Crippen molar-refractivity contribution in [1.29, 1.82) is 0 Å². The average Bonchev–Trinajstić information content (AvgIpc) is 2.96. The highest BCUT2D eigenvalue weighted by Crippen LogP contribution is 2.18. The Kier molecular flexibility index (Phi) is 2.82. The van der Waals surface area contributed by atoms with E-state index >= 15 is 0 Å². The molecule has 1 atom stereocenters. The Labute approximate surface area is 99.8 Å². The average molecular weight is 232 g/mol. The van der Waals surface area contributed by atoms with Gasteiger partial charge in [-0.1, -0.05) is 6.07 Å². The number of aromatic nitrogens is 2. The quantitative estimate of drug-likeness (QED) is 0.873. The number of hydrogen-bond acceptors (Lipinski definition) is 3. The SMILES string of the molecule is OCc1ccc2nn(CC3CCOC3)cc2c1. The molecule has 17 heavy (non-hydrogen) atoms. The molecule has 0 amide bonds. The lowest BCUT2D eigenvalue weighted by atomic mass is 10.1. The van der Waals surface area contributed by atoms with Gasteiger partial charge in [-0.05, 0) is 24.1 Å². The molecule has 0 bridgehead atoms. The fraction of sp³-hybridized carbons (Fsp3) is 0.462. The van der Waals surface area contributed by atoms with Crippen molar-refractivity contribution in [1.82, 2.24) is 9.78 Å². The van der Waals surface area contributed by atoms with Gasteiger partial charge in [-0.3, -0.25) is 4.68 Å². The van der Waals surface area contributed by atoms with E-state index < -0.39 is 0 Å². The van der Waals surface area contributed by atoms with Gasteiger partial charge in [0.2, 0.25) is 0 Å². The summed E-state index contributed by atoms with van der Waals surface area (Å²) in [6.07, 6.45) is 3.17. The molecule has 0 aliphatic carbocycles. The molecule has 1 fully saturated rings. The molecule has 90 valence electrons. The number of nitrogens with zero attached hydrogens (tertiary/aromatic N) is 2. The van der Waals surface area contributed by atoms with E-state index in [1.54, 1.807) is 0 Å². The Balaban J connectivity index is 1.85. The molecule has 2 aromatic rings. The molecule has 1 unspecified atom stereocenters. The van der Waals surface area contributed by atoms with Crippen LogP contribution in [-0.4, -0.2) is 28.1 Å². The largest absolute Gasteiger partial charge is 0.392 e. The molecule has 0 spiro atoms. The van der Waals surface area contributed by atoms with Crippen molar-refractivity contribution < 1.29 is 9.84 Å². The summed E-state index contributed by atoms with van der Waals surface area (Å²) in [5, 5.41) is 14.7. The van der Waals surface area contributed by atoms with Gasteiger partial charge >= 0.3 is 0 Å². The predicted octanol–water partition coefficient (Wildman–Crippen LogP) is 1.57. The Morgan fingerprint density at radius 2 is 2.41 bits per heavy atom. The lowest BCUT2D eigenvalue weighted by molar-refractivity contribution is 0.181. The van der Waals surface area contributed by atoms with Crippen molar-refractivity contribution in [3.63, 3.8) is 0 Å². The zero-order valence-corrected chi connectivity index (χ0v) is 9.67. The topological polar surface area (TPSA) is 47.3 Å². The van der Waals surface area contributed by atoms with Gasteiger partial charge in [0.1, 0.15) is 0 Å². The normalized spacial score (nSPS) is 20.2. The highest BCUT2D eigenvalue weighted by atomic mass is 16.5. The molecular weight excluding hydrogens is 216 g/mol. The van der Waals surface area contributed by atoms with Crippen LogP contribution in [0.4, 0.5) is 0 Å². The Morgan fingerprint density at radius 3 is 3.18 bits per heavy atom. The number of benzene rings is 1. The minimum Gasteiger partial charge on any atom is -0.392 e. The number of aliphatic hydroxyl groups excluding tert-OH is 1. The zero-order valence-electron chi connectivity index (χ0n) is 9.67. The number of aliphatic hydroxyl groups is 1. The number of hydrogen-bond donors (Lipinski definition) is 1. The Hall–Kier alpha value is -1.39. The highest BCUT2D eigenvalue weighted by Gasteiger charge is 2.16. The summed E-state index contributed by atoms with van der Waals surface area (Å²) in [6, 6.07) is 5.87. The van der Waals surface area contributed by atoms with Crippen LogP contribution in [0.3, 0.4) is 0 Å². The summed E-state index contributed by atoms with van der Waals surface area (Å²) >= 11 is 0. The van der Waals surface area contributed by atoms with E-state index in [-0.39, 0.29) is 6.61 Å². The minimum atomic E-state index is 0.0809. The second-order valence-corrected chi connectivity index (χ2v) is 4.63. The molecule has 1 aliphatic rings. The molecule has 0 saturated carbocycles. The summed E-state index contributed by atoms with van der Waals surface area (Å²) in [5.41, 5.74) is 1.92. The molecular formula is C13H16N2O2. The summed E-state index contributed by atoms with van der Waals surface area (Å²) in [4.78, 5) is 0. The van der Waals surface area contributed by atoms with E-state index in [1.807, 2.05) is 29.1 Å². The monoisotopic (exact) mass is 232 g/mol. The first-order valence-electron chi connectivity index (χ1n) is 6.00. The van der Waals surface area contributed by atoms with E-state index in [4.69, 9.17) is 9.84 Å². The van der Waals surface area contributed by atoms with Crippen molar-refractivity contribution in [3.8, 4) is 0 Å². The molecule has 4 heteroatoms. The molecule has 0 radical (unpaired) electrons. The first-order chi connectivity index (χ1) is 8.35. The summed E-state index contributed by atoms with van der Waals surface area (Å²) in [5.74, 6) is 0.585. The first kappa shape index (κ1) is 10.7. The third-order valence-corrected chi connectivity index (χ3v) is 3.27. The molecule has 4 nitrogen and oxygen atoms in total. The van der Waals surface area contributed by atoms with Gasteiger partial charge in [-0.25, -0.2) is 0 Å². The van der Waals surface area contributed by atoms with Crippen molar-refractivity contribution in [2.75, 3.05) is 13.2 Å². The van der Waals surface area contributed by atoms with Crippen LogP contribution < -0.4 is 0 Å². The van der Waals surface area contributed by atoms with Gasteiger partial charge in [0, 0.05) is 30.7 Å². The van der Waals surface area contributed by atoms with Crippen LogP contribution in [0.2, 0.25) is 0 Å². The maximum atomic E-state index is 9.09. The summed E-state index contributed by atoms with van der Waals surface area (Å²) in [7, 11) is 0. The van der Waals surface area contributed by atoms with E-state index in [9.17, 15) is 0 Å². The van der Waals surface area contributed by atoms with Crippen LogP contribution in [0.1, 0.15) is 12.0 Å². The van der Waals surface area contributed by atoms with Crippen molar-refractivity contribution in [2.45, 2.75) is 19.6 Å². The molecule has 1 aromatic heterocycles. The maximum absolute atomic E-state index is 9.09. The maximum Gasteiger partial charge on any atom is 0.0923 e. The minimum absolute atomic E-state index is 0.0809. The van der Waals surface area contributed by atoms with E-state index in [2.05, 4.69) is 5.10 Å². The fourth-order valence-electron chi connectivity index (χ4n) is 2.31. The molecule has 1 aliphatic heterocycles. The third-order valence-electron chi connectivity index (χ3n) is 3.27. The zero-order chi connectivity index (χ0) is 11.7. The Morgan fingerprint density at radius 1 is 1.47 bits per heavy atom. The van der Waals surface area contributed by atoms with Crippen LogP contribution in [0, 0.1) is 5.92 Å². The fourth-order valence-corrected chi connectivity index (χ4v) is 2.31. The molecule has 1 aromatic carbocycles. The predicted molar refractivity (Wildman–Crippen MR) is 64.6 cm³/mol. The van der Waals surface area contributed by atoms with E-state index in [0.717, 1.165) is 42.6 Å². The van der Waals surface area contributed by atoms with Crippen molar-refractivity contribution in [2.24, 2.45) is 5.92 Å². The van der Waals surface area contributed by atoms with Crippen LogP contribution in [0.5, 0.6) is 0 Å². The van der Waals surface area contributed by atoms with Gasteiger partial charge < -0.3 is 9.84 Å². The van der Waals surface area contributed by atoms with Crippen LogP contribution in [0.25, 0.3) is 10.9 Å². The van der Waals surface area contributed by atoms with Gasteiger partial charge in [-0.15, -0.1) is 0 Å². The highest BCUT2D eigenvalue weighted by molar-refractivity contribution is 5.78. The number of rotatable bonds is 3. The van der Waals surface area contributed by atoms with Gasteiger partial charge in [0.15, 0.2) is 0 Å². The van der Waals surface area contributed by atoms with Crippen molar-refractivity contribution >= 4 is 10.9 Å². The van der Waals surface area contributed by atoms with Gasteiger partial charge in [-0.2, -0.15) is 5.10 Å². The van der Waals surface area contributed by atoms with Gasteiger partial charge in [0.05, 0.1) is 18.7 Å². The van der Waals surface area contributed by atoms with Gasteiger partial charge in [0.25, 0.3) is 0 Å². The molecule has 2 heterocycles. The van der Waals surface area contributed by atoms with Crippen LogP contribution >= 0.6 is 0 Å². The first-order valence-corrected chi connectivity index (χ1v) is 6.00. The molecule has 1 N–H and O–H groups in total. The third kappa shape index (κ3) is 2.18. The smallest absolute Gasteiger partial charge is 0.0923 e. The number of ether oxygens (including phenoxy) is 1. The lowest BCUT2D eigenvalue weighted by Crippen LogP contribution is -2.10. The molecule has 3 rings (SSSR count). The van der Waals surface area contributed by atoms with Crippen LogP contribution in [0.15, 0.2) is 24.4 Å². The van der Waals surface area contributed by atoms with E-state index in [0.29, 0.717) is 5.92 Å². The second-order valence-electron chi connectivity index (χ2n) is 4.63. The lowest BCUT2D eigenvalue weighted by Gasteiger charge is -2.06. The van der Waals surface area contributed by atoms with Crippen molar-refractivity contribution in [3.05, 3.63) is 30.0 Å². The second kappa shape index (κ2) is 4.47. The van der Waals surface area contributed by atoms with Crippen LogP contribution in [-0.2, 0) is 17.9 Å².